The van der Waals surface area contributed by atoms with E-state index in [-0.39, 0.29) is 5.91 Å². The molecule has 0 aliphatic rings. The lowest BCUT2D eigenvalue weighted by Crippen LogP contribution is -2.25. The van der Waals surface area contributed by atoms with Crippen LogP contribution in [0.5, 0.6) is 0 Å². The first kappa shape index (κ1) is 14.8. The first-order chi connectivity index (χ1) is 9.66. The highest BCUT2D eigenvalue weighted by molar-refractivity contribution is 9.10. The van der Waals surface area contributed by atoms with Crippen molar-refractivity contribution in [1.29, 1.82) is 0 Å². The molecule has 0 atom stereocenters. The first-order valence-electron chi connectivity index (χ1n) is 6.75. The zero-order valence-corrected chi connectivity index (χ0v) is 13.1. The number of amides is 1. The molecule has 2 aromatic carbocycles. The Bertz CT molecular complexity index is 581. The van der Waals surface area contributed by atoms with E-state index in [1.807, 2.05) is 43.3 Å². The van der Waals surface area contributed by atoms with Gasteiger partial charge in [-0.2, -0.15) is 0 Å². The van der Waals surface area contributed by atoms with Gasteiger partial charge in [-0.15, -0.1) is 0 Å². The Morgan fingerprint density at radius 2 is 1.90 bits per heavy atom. The van der Waals surface area contributed by atoms with Gasteiger partial charge >= 0.3 is 0 Å². The first-order valence-corrected chi connectivity index (χ1v) is 7.54. The third-order valence-corrected chi connectivity index (χ3v) is 3.83. The fourth-order valence-corrected chi connectivity index (χ4v) is 2.47. The molecule has 20 heavy (non-hydrogen) atoms. The van der Waals surface area contributed by atoms with Crippen molar-refractivity contribution >= 4 is 21.8 Å². The molecule has 0 saturated heterocycles. The van der Waals surface area contributed by atoms with Crippen LogP contribution in [0.15, 0.2) is 53.0 Å². The van der Waals surface area contributed by atoms with Crippen LogP contribution in [-0.2, 0) is 6.42 Å². The van der Waals surface area contributed by atoms with Gasteiger partial charge in [-0.3, -0.25) is 4.79 Å². The number of hydrogen-bond acceptors (Lipinski definition) is 1. The molecule has 2 nitrogen and oxygen atoms in total. The van der Waals surface area contributed by atoms with Gasteiger partial charge in [0.05, 0.1) is 5.56 Å². The molecule has 2 rings (SSSR count). The molecule has 0 aromatic heterocycles. The summed E-state index contributed by atoms with van der Waals surface area (Å²) < 4.78 is 0.837. The number of benzene rings is 2. The van der Waals surface area contributed by atoms with Crippen LogP contribution in [0.4, 0.5) is 0 Å². The molecule has 0 bridgehead atoms. The second-order valence-corrected chi connectivity index (χ2v) is 5.68. The SMILES string of the molecule is Cc1ccc(Br)c(C(=O)NCCCc2ccccc2)c1. The van der Waals surface area contributed by atoms with Crippen LogP contribution >= 0.6 is 15.9 Å². The Morgan fingerprint density at radius 1 is 1.15 bits per heavy atom. The van der Waals surface area contributed by atoms with E-state index in [0.717, 1.165) is 22.9 Å². The molecule has 0 saturated carbocycles. The van der Waals surface area contributed by atoms with Crippen molar-refractivity contribution in [2.45, 2.75) is 19.8 Å². The lowest BCUT2D eigenvalue weighted by atomic mass is 10.1. The van der Waals surface area contributed by atoms with E-state index >= 15 is 0 Å². The molecule has 0 fully saturated rings. The van der Waals surface area contributed by atoms with Crippen LogP contribution in [0, 0.1) is 6.92 Å². The third-order valence-electron chi connectivity index (χ3n) is 3.14. The van der Waals surface area contributed by atoms with E-state index in [4.69, 9.17) is 0 Å². The highest BCUT2D eigenvalue weighted by atomic mass is 79.9. The fraction of sp³-hybridized carbons (Fsp3) is 0.235. The van der Waals surface area contributed by atoms with E-state index in [0.29, 0.717) is 12.1 Å². The van der Waals surface area contributed by atoms with E-state index in [2.05, 4.69) is 33.4 Å². The number of aryl methyl sites for hydroxylation is 2. The van der Waals surface area contributed by atoms with Gasteiger partial charge in [0.1, 0.15) is 0 Å². The van der Waals surface area contributed by atoms with E-state index < -0.39 is 0 Å². The van der Waals surface area contributed by atoms with Gasteiger partial charge in [0, 0.05) is 11.0 Å². The van der Waals surface area contributed by atoms with Crippen molar-refractivity contribution in [1.82, 2.24) is 5.32 Å². The largest absolute Gasteiger partial charge is 0.352 e. The van der Waals surface area contributed by atoms with Crippen LogP contribution in [0.2, 0.25) is 0 Å². The maximum absolute atomic E-state index is 12.1. The highest BCUT2D eigenvalue weighted by Crippen LogP contribution is 2.17. The summed E-state index contributed by atoms with van der Waals surface area (Å²) in [4.78, 5) is 12.1. The molecular formula is C17H18BrNO. The zero-order chi connectivity index (χ0) is 14.4. The predicted octanol–water partition coefficient (Wildman–Crippen LogP) is 4.12. The lowest BCUT2D eigenvalue weighted by Gasteiger charge is -2.08. The van der Waals surface area contributed by atoms with Gasteiger partial charge in [-0.1, -0.05) is 42.0 Å². The molecule has 0 aliphatic heterocycles. The molecule has 2 aromatic rings. The topological polar surface area (TPSA) is 29.1 Å². The predicted molar refractivity (Wildman–Crippen MR) is 86.0 cm³/mol. The lowest BCUT2D eigenvalue weighted by molar-refractivity contribution is 0.0952. The summed E-state index contributed by atoms with van der Waals surface area (Å²) >= 11 is 3.42. The van der Waals surface area contributed by atoms with Crippen LogP contribution in [-0.4, -0.2) is 12.5 Å². The zero-order valence-electron chi connectivity index (χ0n) is 11.5. The van der Waals surface area contributed by atoms with E-state index in [9.17, 15) is 4.79 Å². The van der Waals surface area contributed by atoms with Crippen LogP contribution in [0.1, 0.15) is 27.9 Å². The minimum atomic E-state index is -0.0198. The summed E-state index contributed by atoms with van der Waals surface area (Å²) in [7, 11) is 0. The Kier molecular flexibility index (Phi) is 5.36. The molecular weight excluding hydrogens is 314 g/mol. The van der Waals surface area contributed by atoms with Crippen molar-refractivity contribution in [2.24, 2.45) is 0 Å². The summed E-state index contributed by atoms with van der Waals surface area (Å²) in [5.41, 5.74) is 3.09. The van der Waals surface area contributed by atoms with Gasteiger partial charge in [-0.25, -0.2) is 0 Å². The maximum Gasteiger partial charge on any atom is 0.252 e. The summed E-state index contributed by atoms with van der Waals surface area (Å²) in [5, 5.41) is 2.97. The normalized spacial score (nSPS) is 10.3. The van der Waals surface area contributed by atoms with Crippen molar-refractivity contribution in [3.05, 3.63) is 69.7 Å². The van der Waals surface area contributed by atoms with E-state index in [1.165, 1.54) is 5.56 Å². The van der Waals surface area contributed by atoms with Crippen molar-refractivity contribution < 1.29 is 4.79 Å². The molecule has 0 unspecified atom stereocenters. The molecule has 104 valence electrons. The van der Waals surface area contributed by atoms with Gasteiger partial charge in [0.25, 0.3) is 5.91 Å². The molecule has 0 spiro atoms. The van der Waals surface area contributed by atoms with Gasteiger partial charge in [-0.05, 0) is 53.4 Å². The number of halogens is 1. The molecule has 1 N–H and O–H groups in total. The number of carbonyl (C=O) groups is 1. The number of rotatable bonds is 5. The van der Waals surface area contributed by atoms with Crippen LogP contribution in [0.25, 0.3) is 0 Å². The third kappa shape index (κ3) is 4.20. The Labute approximate surface area is 128 Å². The quantitative estimate of drug-likeness (QED) is 0.820. The molecule has 0 aliphatic carbocycles. The van der Waals surface area contributed by atoms with Gasteiger partial charge < -0.3 is 5.32 Å². The van der Waals surface area contributed by atoms with Crippen molar-refractivity contribution in [3.8, 4) is 0 Å². The maximum atomic E-state index is 12.1. The smallest absolute Gasteiger partial charge is 0.252 e. The summed E-state index contributed by atoms with van der Waals surface area (Å²) in [6, 6.07) is 16.1. The average Bonchev–Trinajstić information content (AvgIpc) is 2.47. The molecule has 0 heterocycles. The highest BCUT2D eigenvalue weighted by Gasteiger charge is 2.09. The minimum Gasteiger partial charge on any atom is -0.352 e. The van der Waals surface area contributed by atoms with Gasteiger partial charge in [0.2, 0.25) is 0 Å². The van der Waals surface area contributed by atoms with Crippen LogP contribution < -0.4 is 5.32 Å². The summed E-state index contributed by atoms with van der Waals surface area (Å²) in [6.07, 6.45) is 1.93. The summed E-state index contributed by atoms with van der Waals surface area (Å²) in [6.45, 7) is 2.67. The fourth-order valence-electron chi connectivity index (χ4n) is 2.05. The standard InChI is InChI=1S/C17H18BrNO/c1-13-9-10-16(18)15(12-13)17(20)19-11-5-8-14-6-3-2-4-7-14/h2-4,6-7,9-10,12H,5,8,11H2,1H3,(H,19,20). The van der Waals surface area contributed by atoms with Gasteiger partial charge in [0.15, 0.2) is 0 Å². The van der Waals surface area contributed by atoms with Crippen molar-refractivity contribution in [3.63, 3.8) is 0 Å². The van der Waals surface area contributed by atoms with E-state index in [1.54, 1.807) is 0 Å². The number of carbonyl (C=O) groups excluding carboxylic acids is 1. The second-order valence-electron chi connectivity index (χ2n) is 4.83. The van der Waals surface area contributed by atoms with Crippen LogP contribution in [0.3, 0.4) is 0 Å². The molecule has 1 amide bonds. The Balaban J connectivity index is 1.82. The number of nitrogens with one attached hydrogen (secondary N) is 1. The number of hydrogen-bond donors (Lipinski definition) is 1. The van der Waals surface area contributed by atoms with Crippen molar-refractivity contribution in [2.75, 3.05) is 6.54 Å². The minimum absolute atomic E-state index is 0.0198. The summed E-state index contributed by atoms with van der Waals surface area (Å²) in [5.74, 6) is -0.0198. The molecule has 3 heteroatoms. The Hall–Kier alpha value is -1.61. The molecule has 0 radical (unpaired) electrons. The average molecular weight is 332 g/mol. The Morgan fingerprint density at radius 3 is 2.65 bits per heavy atom. The second kappa shape index (κ2) is 7.25. The monoisotopic (exact) mass is 331 g/mol.